The highest BCUT2D eigenvalue weighted by molar-refractivity contribution is 7.09. The van der Waals surface area contributed by atoms with E-state index < -0.39 is 0 Å². The van der Waals surface area contributed by atoms with Crippen molar-refractivity contribution >= 4 is 28.8 Å². The van der Waals surface area contributed by atoms with E-state index in [2.05, 4.69) is 34.5 Å². The van der Waals surface area contributed by atoms with Crippen molar-refractivity contribution in [1.82, 2.24) is 9.80 Å². The number of halogens is 1. The average molecular weight is 411 g/mol. The minimum atomic E-state index is 0.143. The normalized spacial score (nSPS) is 15.0. The second-order valence-electron chi connectivity index (χ2n) is 7.07. The lowest BCUT2D eigenvalue weighted by Crippen LogP contribution is -2.48. The molecule has 1 aliphatic heterocycles. The Morgan fingerprint density at radius 1 is 0.893 bits per heavy atom. The summed E-state index contributed by atoms with van der Waals surface area (Å²) >= 11 is 8.02. The molecule has 0 spiro atoms. The molecule has 1 aliphatic rings. The van der Waals surface area contributed by atoms with Crippen LogP contribution < -0.4 is 0 Å². The van der Waals surface area contributed by atoms with Crippen LogP contribution in [0.4, 0.5) is 0 Å². The zero-order chi connectivity index (χ0) is 19.3. The minimum absolute atomic E-state index is 0.143. The number of nitrogens with zero attached hydrogens (tertiary/aromatic N) is 2. The molecule has 1 saturated heterocycles. The van der Waals surface area contributed by atoms with Gasteiger partial charge < -0.3 is 4.90 Å². The summed E-state index contributed by atoms with van der Waals surface area (Å²) < 4.78 is 0. The lowest BCUT2D eigenvalue weighted by molar-refractivity contribution is 0.0627. The molecule has 0 bridgehead atoms. The van der Waals surface area contributed by atoms with Gasteiger partial charge in [0.15, 0.2) is 0 Å². The van der Waals surface area contributed by atoms with Crippen molar-refractivity contribution in [2.24, 2.45) is 0 Å². The third-order valence-electron chi connectivity index (χ3n) is 5.20. The van der Waals surface area contributed by atoms with Gasteiger partial charge in [-0.1, -0.05) is 54.1 Å². The summed E-state index contributed by atoms with van der Waals surface area (Å²) in [5.41, 5.74) is 3.08. The molecule has 1 aromatic heterocycles. The van der Waals surface area contributed by atoms with E-state index in [1.54, 1.807) is 11.3 Å². The van der Waals surface area contributed by atoms with Crippen LogP contribution in [-0.4, -0.2) is 41.9 Å². The van der Waals surface area contributed by atoms with Gasteiger partial charge in [0.2, 0.25) is 0 Å². The molecule has 0 N–H and O–H groups in total. The first-order valence-corrected chi connectivity index (χ1v) is 10.8. The number of benzene rings is 2. The zero-order valence-electron chi connectivity index (χ0n) is 15.7. The van der Waals surface area contributed by atoms with Gasteiger partial charge in [-0.05, 0) is 34.7 Å². The van der Waals surface area contributed by atoms with Gasteiger partial charge in [-0.3, -0.25) is 9.69 Å². The summed E-state index contributed by atoms with van der Waals surface area (Å²) in [5, 5.41) is 2.89. The summed E-state index contributed by atoms with van der Waals surface area (Å²) in [7, 11) is 0. The molecule has 2 heterocycles. The van der Waals surface area contributed by atoms with Gasteiger partial charge in [-0.25, -0.2) is 0 Å². The van der Waals surface area contributed by atoms with Crippen LogP contribution in [0.3, 0.4) is 0 Å². The highest BCUT2D eigenvalue weighted by Crippen LogP contribution is 2.21. The Balaban J connectivity index is 1.40. The topological polar surface area (TPSA) is 23.6 Å². The fourth-order valence-electron chi connectivity index (χ4n) is 3.63. The molecule has 0 atom stereocenters. The van der Waals surface area contributed by atoms with E-state index in [0.29, 0.717) is 0 Å². The van der Waals surface area contributed by atoms with E-state index in [9.17, 15) is 4.79 Å². The largest absolute Gasteiger partial charge is 0.336 e. The predicted molar refractivity (Wildman–Crippen MR) is 116 cm³/mol. The summed E-state index contributed by atoms with van der Waals surface area (Å²) in [4.78, 5) is 18.8. The highest BCUT2D eigenvalue weighted by Gasteiger charge is 2.24. The Labute approximate surface area is 175 Å². The molecule has 3 aromatic rings. The Morgan fingerprint density at radius 2 is 1.61 bits per heavy atom. The van der Waals surface area contributed by atoms with E-state index in [-0.39, 0.29) is 5.91 Å². The maximum Gasteiger partial charge on any atom is 0.254 e. The molecule has 28 heavy (non-hydrogen) atoms. The van der Waals surface area contributed by atoms with Gasteiger partial charge in [0.1, 0.15) is 0 Å². The summed E-state index contributed by atoms with van der Waals surface area (Å²) in [6, 6.07) is 20.2. The van der Waals surface area contributed by atoms with Crippen LogP contribution in [0.15, 0.2) is 66.0 Å². The lowest BCUT2D eigenvalue weighted by atomic mass is 10.0. The van der Waals surface area contributed by atoms with Crippen molar-refractivity contribution in [3.8, 4) is 0 Å². The summed E-state index contributed by atoms with van der Waals surface area (Å²) in [6.07, 6.45) is 0.812. The molecular formula is C23H23ClN2OS. The molecule has 4 rings (SSSR count). The predicted octanol–water partition coefficient (Wildman–Crippen LogP) is 4.95. The number of carbonyl (C=O) groups is 1. The van der Waals surface area contributed by atoms with E-state index >= 15 is 0 Å². The molecule has 0 aliphatic carbocycles. The summed E-state index contributed by atoms with van der Waals surface area (Å²) in [6.45, 7) is 4.05. The first-order valence-electron chi connectivity index (χ1n) is 9.56. The Morgan fingerprint density at radius 3 is 2.32 bits per heavy atom. The number of carbonyl (C=O) groups excluding carboxylic acids is 1. The van der Waals surface area contributed by atoms with Crippen molar-refractivity contribution in [2.45, 2.75) is 13.0 Å². The Hall–Kier alpha value is -2.14. The molecule has 3 nitrogen and oxygen atoms in total. The third-order valence-corrected chi connectivity index (χ3v) is 6.45. The molecule has 0 radical (unpaired) electrons. The first-order chi connectivity index (χ1) is 13.7. The maximum atomic E-state index is 13.2. The molecular weight excluding hydrogens is 388 g/mol. The van der Waals surface area contributed by atoms with Crippen LogP contribution in [0, 0.1) is 0 Å². The molecule has 1 fully saturated rings. The van der Waals surface area contributed by atoms with Crippen LogP contribution in [0.1, 0.15) is 26.4 Å². The van der Waals surface area contributed by atoms with Crippen LogP contribution in [0.25, 0.3) is 0 Å². The van der Waals surface area contributed by atoms with Gasteiger partial charge in [0.05, 0.1) is 0 Å². The molecule has 2 aromatic carbocycles. The fourth-order valence-corrected chi connectivity index (χ4v) is 4.55. The van der Waals surface area contributed by atoms with Gasteiger partial charge in [-0.2, -0.15) is 0 Å². The summed E-state index contributed by atoms with van der Waals surface area (Å²) in [5.74, 6) is 0.143. The lowest BCUT2D eigenvalue weighted by Gasteiger charge is -2.35. The highest BCUT2D eigenvalue weighted by atomic mass is 35.5. The van der Waals surface area contributed by atoms with Gasteiger partial charge in [-0.15, -0.1) is 11.3 Å². The minimum Gasteiger partial charge on any atom is -0.336 e. The second kappa shape index (κ2) is 8.91. The number of piperazine rings is 1. The molecule has 0 unspecified atom stereocenters. The fraction of sp³-hybridized carbons (Fsp3) is 0.261. The quantitative estimate of drug-likeness (QED) is 0.594. The maximum absolute atomic E-state index is 13.2. The van der Waals surface area contributed by atoms with Crippen molar-refractivity contribution < 1.29 is 4.79 Å². The number of hydrogen-bond acceptors (Lipinski definition) is 3. The van der Waals surface area contributed by atoms with Crippen molar-refractivity contribution in [1.29, 1.82) is 0 Å². The molecule has 144 valence electrons. The van der Waals surface area contributed by atoms with Gasteiger partial charge in [0.25, 0.3) is 5.91 Å². The van der Waals surface area contributed by atoms with E-state index in [1.165, 1.54) is 4.88 Å². The number of thiophene rings is 1. The average Bonchev–Trinajstić information content (AvgIpc) is 3.23. The second-order valence-corrected chi connectivity index (χ2v) is 8.51. The number of amides is 1. The van der Waals surface area contributed by atoms with Crippen LogP contribution >= 0.6 is 22.9 Å². The van der Waals surface area contributed by atoms with Gasteiger partial charge >= 0.3 is 0 Å². The monoisotopic (exact) mass is 410 g/mol. The van der Waals surface area contributed by atoms with E-state index in [4.69, 9.17) is 11.6 Å². The van der Waals surface area contributed by atoms with Crippen LogP contribution in [0.2, 0.25) is 5.02 Å². The van der Waals surface area contributed by atoms with E-state index in [0.717, 1.165) is 60.9 Å². The van der Waals surface area contributed by atoms with Crippen molar-refractivity contribution in [3.63, 3.8) is 0 Å². The Kier molecular flexibility index (Phi) is 6.10. The number of hydrogen-bond donors (Lipinski definition) is 0. The van der Waals surface area contributed by atoms with Crippen LogP contribution in [0.5, 0.6) is 0 Å². The number of rotatable bonds is 5. The Bertz CT molecular complexity index is 933. The van der Waals surface area contributed by atoms with Crippen LogP contribution in [-0.2, 0) is 13.0 Å². The molecule has 5 heteroatoms. The van der Waals surface area contributed by atoms with E-state index in [1.807, 2.05) is 41.3 Å². The smallest absolute Gasteiger partial charge is 0.254 e. The first kappa shape index (κ1) is 19.2. The van der Waals surface area contributed by atoms with Crippen molar-refractivity contribution in [2.75, 3.05) is 26.2 Å². The third kappa shape index (κ3) is 4.46. The SMILES string of the molecule is O=C(c1ccccc1Cc1cccs1)N1CCN(Cc2ccccc2Cl)CC1. The van der Waals surface area contributed by atoms with Gasteiger partial charge in [0, 0.05) is 54.6 Å². The molecule has 1 amide bonds. The zero-order valence-corrected chi connectivity index (χ0v) is 17.3. The van der Waals surface area contributed by atoms with Crippen molar-refractivity contribution in [3.05, 3.63) is 92.6 Å². The molecule has 0 saturated carbocycles. The standard InChI is InChI=1S/C23H23ClN2OS/c24-22-10-4-2-7-19(22)17-25-11-13-26(14-12-25)23(27)21-9-3-1-6-18(21)16-20-8-5-15-28-20/h1-10,15H,11-14,16-17H2.